The number of nitrogens with zero attached hydrogens (tertiary/aromatic N) is 1. The minimum atomic E-state index is -0.389. The van der Waals surface area contributed by atoms with E-state index >= 15 is 0 Å². The van der Waals surface area contributed by atoms with Gasteiger partial charge in [-0.1, -0.05) is 18.2 Å². The zero-order valence-electron chi connectivity index (χ0n) is 10.5. The fourth-order valence-electron chi connectivity index (χ4n) is 2.70. The summed E-state index contributed by atoms with van der Waals surface area (Å²) in [7, 11) is 0. The summed E-state index contributed by atoms with van der Waals surface area (Å²) in [4.78, 5) is 2.27. The van der Waals surface area contributed by atoms with E-state index in [0.29, 0.717) is 6.04 Å². The topological polar surface area (TPSA) is 43.7 Å². The summed E-state index contributed by atoms with van der Waals surface area (Å²) in [5.41, 5.74) is 0.841. The molecule has 0 bridgehead atoms. The van der Waals surface area contributed by atoms with Crippen LogP contribution < -0.4 is 0 Å². The number of benzene rings is 1. The molecule has 1 aliphatic heterocycles. The molecular weight excluding hydrogens is 214 g/mol. The molecule has 0 spiro atoms. The quantitative estimate of drug-likeness (QED) is 0.826. The van der Waals surface area contributed by atoms with Crippen molar-refractivity contribution in [2.75, 3.05) is 6.54 Å². The van der Waals surface area contributed by atoms with E-state index in [-0.39, 0.29) is 17.9 Å². The van der Waals surface area contributed by atoms with Crippen LogP contribution in [0.4, 0.5) is 0 Å². The molecule has 2 rings (SSSR count). The van der Waals surface area contributed by atoms with Gasteiger partial charge in [0.05, 0.1) is 12.1 Å². The molecule has 3 heteroatoms. The third-order valence-corrected chi connectivity index (χ3v) is 3.56. The van der Waals surface area contributed by atoms with Crippen molar-refractivity contribution in [3.8, 4) is 5.75 Å². The third-order valence-electron chi connectivity index (χ3n) is 3.56. The van der Waals surface area contributed by atoms with Crippen LogP contribution >= 0.6 is 0 Å². The van der Waals surface area contributed by atoms with E-state index in [1.165, 1.54) is 0 Å². The molecule has 2 atom stereocenters. The first kappa shape index (κ1) is 12.4. The highest BCUT2D eigenvalue weighted by Gasteiger charge is 2.34. The maximum absolute atomic E-state index is 10.2. The normalized spacial score (nSPS) is 26.4. The predicted octanol–water partition coefficient (Wildman–Crippen LogP) is 2.30. The number of phenolic OH excluding ortho intramolecular Hbond substituents is 1. The number of piperidine rings is 1. The zero-order valence-corrected chi connectivity index (χ0v) is 10.5. The number of aromatic hydroxyl groups is 1. The van der Waals surface area contributed by atoms with Gasteiger partial charge in [0.25, 0.3) is 0 Å². The number of hydrogen-bond donors (Lipinski definition) is 2. The second-order valence-corrected chi connectivity index (χ2v) is 5.04. The molecule has 0 aromatic heterocycles. The van der Waals surface area contributed by atoms with Crippen LogP contribution in [0.5, 0.6) is 5.75 Å². The SMILES string of the molecule is CC(C)N1CCCC(O)C1c1ccccc1O. The molecule has 0 radical (unpaired) electrons. The monoisotopic (exact) mass is 235 g/mol. The molecule has 0 saturated carbocycles. The van der Waals surface area contributed by atoms with Gasteiger partial charge in [-0.05, 0) is 39.3 Å². The van der Waals surface area contributed by atoms with Gasteiger partial charge >= 0.3 is 0 Å². The maximum Gasteiger partial charge on any atom is 0.120 e. The number of rotatable bonds is 2. The Bertz CT molecular complexity index is 378. The Morgan fingerprint density at radius 3 is 2.65 bits per heavy atom. The molecule has 3 nitrogen and oxygen atoms in total. The Morgan fingerprint density at radius 1 is 1.29 bits per heavy atom. The Hall–Kier alpha value is -1.06. The Balaban J connectivity index is 2.35. The summed E-state index contributed by atoms with van der Waals surface area (Å²) in [5.74, 6) is 0.282. The van der Waals surface area contributed by atoms with Crippen molar-refractivity contribution in [2.24, 2.45) is 0 Å². The average molecular weight is 235 g/mol. The predicted molar refractivity (Wildman–Crippen MR) is 67.9 cm³/mol. The summed E-state index contributed by atoms with van der Waals surface area (Å²) in [6.45, 7) is 5.24. The van der Waals surface area contributed by atoms with Gasteiger partial charge in [-0.15, -0.1) is 0 Å². The summed E-state index contributed by atoms with van der Waals surface area (Å²) < 4.78 is 0. The molecule has 94 valence electrons. The number of aliphatic hydroxyl groups is 1. The first-order valence-corrected chi connectivity index (χ1v) is 6.33. The van der Waals surface area contributed by atoms with Crippen LogP contribution in [0, 0.1) is 0 Å². The van der Waals surface area contributed by atoms with Crippen molar-refractivity contribution in [1.82, 2.24) is 4.90 Å². The van der Waals surface area contributed by atoms with E-state index in [1.54, 1.807) is 6.07 Å². The molecule has 1 aliphatic rings. The first-order valence-electron chi connectivity index (χ1n) is 6.33. The minimum Gasteiger partial charge on any atom is -0.508 e. The standard InChI is InChI=1S/C14H21NO2/c1-10(2)15-9-5-8-13(17)14(15)11-6-3-4-7-12(11)16/h3-4,6-7,10,13-14,16-17H,5,8-9H2,1-2H3. The van der Waals surface area contributed by atoms with E-state index in [2.05, 4.69) is 18.7 Å². The highest BCUT2D eigenvalue weighted by molar-refractivity contribution is 5.35. The van der Waals surface area contributed by atoms with Gasteiger partial charge in [-0.2, -0.15) is 0 Å². The van der Waals surface area contributed by atoms with Crippen LogP contribution in [0.3, 0.4) is 0 Å². The molecule has 1 aromatic rings. The smallest absolute Gasteiger partial charge is 0.120 e. The van der Waals surface area contributed by atoms with E-state index in [9.17, 15) is 10.2 Å². The van der Waals surface area contributed by atoms with Crippen LogP contribution in [0.25, 0.3) is 0 Å². The molecule has 2 unspecified atom stereocenters. The lowest BCUT2D eigenvalue weighted by Crippen LogP contribution is -2.45. The Labute approximate surface area is 103 Å². The fraction of sp³-hybridized carbons (Fsp3) is 0.571. The Morgan fingerprint density at radius 2 is 2.00 bits per heavy atom. The van der Waals surface area contributed by atoms with Crippen molar-refractivity contribution < 1.29 is 10.2 Å². The van der Waals surface area contributed by atoms with Crippen LogP contribution in [-0.2, 0) is 0 Å². The Kier molecular flexibility index (Phi) is 3.69. The molecule has 17 heavy (non-hydrogen) atoms. The highest BCUT2D eigenvalue weighted by atomic mass is 16.3. The average Bonchev–Trinajstić information content (AvgIpc) is 2.30. The summed E-state index contributed by atoms with van der Waals surface area (Å²) >= 11 is 0. The number of phenols is 1. The molecule has 0 amide bonds. The van der Waals surface area contributed by atoms with E-state index < -0.39 is 0 Å². The second-order valence-electron chi connectivity index (χ2n) is 5.04. The van der Waals surface area contributed by atoms with Crippen molar-refractivity contribution in [3.63, 3.8) is 0 Å². The molecular formula is C14H21NO2. The minimum absolute atomic E-state index is 0.0788. The molecule has 1 aromatic carbocycles. The molecule has 1 fully saturated rings. The van der Waals surface area contributed by atoms with Crippen molar-refractivity contribution >= 4 is 0 Å². The fourth-order valence-corrected chi connectivity index (χ4v) is 2.70. The molecule has 1 heterocycles. The van der Waals surface area contributed by atoms with Gasteiger partial charge < -0.3 is 10.2 Å². The number of aliphatic hydroxyl groups excluding tert-OH is 1. The summed E-state index contributed by atoms with van der Waals surface area (Å²) in [6, 6.07) is 7.61. The van der Waals surface area contributed by atoms with Gasteiger partial charge in [0, 0.05) is 11.6 Å². The van der Waals surface area contributed by atoms with Crippen LogP contribution in [-0.4, -0.2) is 33.8 Å². The summed E-state index contributed by atoms with van der Waals surface area (Å²) in [6.07, 6.45) is 1.44. The van der Waals surface area contributed by atoms with Gasteiger partial charge in [0.2, 0.25) is 0 Å². The van der Waals surface area contributed by atoms with Crippen LogP contribution in [0.15, 0.2) is 24.3 Å². The van der Waals surface area contributed by atoms with Crippen LogP contribution in [0.1, 0.15) is 38.3 Å². The van der Waals surface area contributed by atoms with Crippen molar-refractivity contribution in [3.05, 3.63) is 29.8 Å². The lowest BCUT2D eigenvalue weighted by atomic mass is 9.91. The molecule has 0 aliphatic carbocycles. The lowest BCUT2D eigenvalue weighted by Gasteiger charge is -2.42. The maximum atomic E-state index is 10.2. The number of hydrogen-bond acceptors (Lipinski definition) is 3. The third kappa shape index (κ3) is 2.45. The highest BCUT2D eigenvalue weighted by Crippen LogP contribution is 2.36. The largest absolute Gasteiger partial charge is 0.508 e. The van der Waals surface area contributed by atoms with Gasteiger partial charge in [-0.3, -0.25) is 4.90 Å². The second kappa shape index (κ2) is 5.07. The van der Waals surface area contributed by atoms with Crippen molar-refractivity contribution in [2.45, 2.75) is 44.9 Å². The first-order chi connectivity index (χ1) is 8.11. The number of likely N-dealkylation sites (tertiary alicyclic amines) is 1. The van der Waals surface area contributed by atoms with E-state index in [0.717, 1.165) is 24.9 Å². The summed E-state index contributed by atoms with van der Waals surface area (Å²) in [5, 5.41) is 20.2. The molecule has 2 N–H and O–H groups in total. The van der Waals surface area contributed by atoms with Gasteiger partial charge in [0.15, 0.2) is 0 Å². The van der Waals surface area contributed by atoms with Crippen LogP contribution in [0.2, 0.25) is 0 Å². The van der Waals surface area contributed by atoms with Gasteiger partial charge in [-0.25, -0.2) is 0 Å². The van der Waals surface area contributed by atoms with E-state index in [4.69, 9.17) is 0 Å². The molecule has 1 saturated heterocycles. The van der Waals surface area contributed by atoms with E-state index in [1.807, 2.05) is 18.2 Å². The number of para-hydroxylation sites is 1. The van der Waals surface area contributed by atoms with Gasteiger partial charge in [0.1, 0.15) is 5.75 Å². The van der Waals surface area contributed by atoms with Crippen molar-refractivity contribution in [1.29, 1.82) is 0 Å². The zero-order chi connectivity index (χ0) is 12.4. The lowest BCUT2D eigenvalue weighted by molar-refractivity contribution is -0.00740.